The molecule has 2 aromatic rings. The summed E-state index contributed by atoms with van der Waals surface area (Å²) in [6.07, 6.45) is 4.12. The van der Waals surface area contributed by atoms with E-state index in [0.717, 1.165) is 36.5 Å². The molecule has 1 fully saturated rings. The molecule has 2 N–H and O–H groups in total. The Bertz CT molecular complexity index is 725. The van der Waals surface area contributed by atoms with Gasteiger partial charge in [0.2, 0.25) is 0 Å². The van der Waals surface area contributed by atoms with E-state index in [1.807, 2.05) is 42.0 Å². The third-order valence-corrected chi connectivity index (χ3v) is 4.38. The Labute approximate surface area is 127 Å². The Morgan fingerprint density at radius 3 is 2.81 bits per heavy atom. The fourth-order valence-corrected chi connectivity index (χ4v) is 3.28. The Morgan fingerprint density at radius 1 is 1.33 bits per heavy atom. The first-order valence-electron chi connectivity index (χ1n) is 7.02. The number of aromatic nitrogens is 1. The Morgan fingerprint density at radius 2 is 2.10 bits per heavy atom. The smallest absolute Gasteiger partial charge is 0.346 e. The Kier molecular flexibility index (Phi) is 3.79. The topological polar surface area (TPSA) is 63.6 Å². The number of benzene rings is 1. The first-order chi connectivity index (χ1) is 10.1. The second-order valence-electron chi connectivity index (χ2n) is 5.18. The van der Waals surface area contributed by atoms with Crippen molar-refractivity contribution in [3.8, 4) is 5.69 Å². The van der Waals surface area contributed by atoms with E-state index in [-0.39, 0.29) is 6.03 Å². The number of hydrogen-bond donors (Lipinski definition) is 1. The van der Waals surface area contributed by atoms with Gasteiger partial charge in [0, 0.05) is 35.5 Å². The van der Waals surface area contributed by atoms with Crippen LogP contribution in [0.4, 0.5) is 10.5 Å². The summed E-state index contributed by atoms with van der Waals surface area (Å²) in [7, 11) is 0. The number of anilines is 1. The number of carbonyl (C=O) groups excluding carboxylic acids is 1. The number of urea groups is 1. The van der Waals surface area contributed by atoms with Gasteiger partial charge in [-0.1, -0.05) is 6.07 Å². The molecule has 0 saturated carbocycles. The number of nitrogens with zero attached hydrogens (tertiary/aromatic N) is 3. The van der Waals surface area contributed by atoms with Crippen molar-refractivity contribution >= 4 is 23.1 Å². The molecular formula is C15H18N4OS. The molecule has 6 heteroatoms. The summed E-state index contributed by atoms with van der Waals surface area (Å²) in [6, 6.07) is 7.44. The zero-order valence-corrected chi connectivity index (χ0v) is 12.8. The third-order valence-electron chi connectivity index (χ3n) is 3.49. The third kappa shape index (κ3) is 3.00. The molecule has 3 rings (SSSR count). The zero-order valence-electron chi connectivity index (χ0n) is 12.0. The fraction of sp³-hybridized carbons (Fsp3) is 0.333. The lowest BCUT2D eigenvalue weighted by Gasteiger charge is -2.10. The van der Waals surface area contributed by atoms with Gasteiger partial charge in [-0.15, -0.1) is 11.3 Å². The van der Waals surface area contributed by atoms with Gasteiger partial charge in [-0.3, -0.25) is 4.57 Å². The highest BCUT2D eigenvalue weighted by Gasteiger charge is 2.17. The van der Waals surface area contributed by atoms with E-state index < -0.39 is 0 Å². The van der Waals surface area contributed by atoms with Gasteiger partial charge in [0.1, 0.15) is 0 Å². The maximum atomic E-state index is 12.2. The molecule has 1 saturated heterocycles. The van der Waals surface area contributed by atoms with E-state index in [4.69, 9.17) is 5.73 Å². The van der Waals surface area contributed by atoms with Gasteiger partial charge in [0.25, 0.3) is 0 Å². The molecule has 1 aromatic heterocycles. The number of thiazole rings is 1. The SMILES string of the molecule is Cc1cn(-c2cccc(N)c2)/c(=N/C(=O)N2CCCC2)s1. The normalized spacial score (nSPS) is 15.7. The van der Waals surface area contributed by atoms with Crippen LogP contribution in [-0.4, -0.2) is 28.6 Å². The van der Waals surface area contributed by atoms with Crippen molar-refractivity contribution in [1.82, 2.24) is 9.47 Å². The number of carbonyl (C=O) groups is 1. The molecule has 2 amide bonds. The largest absolute Gasteiger partial charge is 0.399 e. The first kappa shape index (κ1) is 13.9. The molecule has 21 heavy (non-hydrogen) atoms. The molecule has 0 bridgehead atoms. The van der Waals surface area contributed by atoms with Crippen molar-refractivity contribution < 1.29 is 4.79 Å². The Hall–Kier alpha value is -2.08. The molecule has 0 atom stereocenters. The highest BCUT2D eigenvalue weighted by molar-refractivity contribution is 7.09. The van der Waals surface area contributed by atoms with Crippen LogP contribution in [0.1, 0.15) is 17.7 Å². The average molecular weight is 302 g/mol. The van der Waals surface area contributed by atoms with E-state index >= 15 is 0 Å². The van der Waals surface area contributed by atoms with E-state index in [9.17, 15) is 4.79 Å². The minimum Gasteiger partial charge on any atom is -0.399 e. The van der Waals surface area contributed by atoms with E-state index in [1.165, 1.54) is 11.3 Å². The first-order valence-corrected chi connectivity index (χ1v) is 7.84. The van der Waals surface area contributed by atoms with Crippen LogP contribution >= 0.6 is 11.3 Å². The summed E-state index contributed by atoms with van der Waals surface area (Å²) in [5, 5.41) is 0. The van der Waals surface area contributed by atoms with Gasteiger partial charge in [0.05, 0.1) is 0 Å². The van der Waals surface area contributed by atoms with Crippen LogP contribution in [0.25, 0.3) is 5.69 Å². The maximum absolute atomic E-state index is 12.2. The van der Waals surface area contributed by atoms with Gasteiger partial charge in [-0.25, -0.2) is 4.79 Å². The van der Waals surface area contributed by atoms with Gasteiger partial charge < -0.3 is 10.6 Å². The van der Waals surface area contributed by atoms with Crippen molar-refractivity contribution in [3.63, 3.8) is 0 Å². The van der Waals surface area contributed by atoms with Crippen molar-refractivity contribution in [2.45, 2.75) is 19.8 Å². The highest BCUT2D eigenvalue weighted by atomic mass is 32.1. The van der Waals surface area contributed by atoms with Crippen molar-refractivity contribution in [2.75, 3.05) is 18.8 Å². The number of hydrogen-bond acceptors (Lipinski definition) is 3. The average Bonchev–Trinajstić information content (AvgIpc) is 3.08. The van der Waals surface area contributed by atoms with Crippen LogP contribution < -0.4 is 10.5 Å². The minimum absolute atomic E-state index is 0.146. The highest BCUT2D eigenvalue weighted by Crippen LogP contribution is 2.14. The number of likely N-dealkylation sites (tertiary alicyclic amines) is 1. The van der Waals surface area contributed by atoms with Gasteiger partial charge in [-0.05, 0) is 38.0 Å². The monoisotopic (exact) mass is 302 g/mol. The summed E-state index contributed by atoms with van der Waals surface area (Å²) in [4.78, 5) is 20.1. The van der Waals surface area contributed by atoms with Crippen molar-refractivity contribution in [1.29, 1.82) is 0 Å². The standard InChI is InChI=1S/C15H18N4OS/c1-11-10-19(13-6-4-5-12(16)9-13)15(21-11)17-14(20)18-7-2-3-8-18/h4-6,9-10H,2-3,7-8,16H2,1H3/b17-15-. The van der Waals surface area contributed by atoms with Crippen LogP contribution in [-0.2, 0) is 0 Å². The van der Waals surface area contributed by atoms with Crippen LogP contribution in [0, 0.1) is 6.92 Å². The lowest BCUT2D eigenvalue weighted by molar-refractivity contribution is 0.218. The lowest BCUT2D eigenvalue weighted by Crippen LogP contribution is -2.27. The summed E-state index contributed by atoms with van der Waals surface area (Å²) in [5.41, 5.74) is 7.46. The van der Waals surface area contributed by atoms with Crippen LogP contribution in [0.15, 0.2) is 35.5 Å². The number of rotatable bonds is 1. The van der Waals surface area contributed by atoms with E-state index in [0.29, 0.717) is 10.5 Å². The summed E-state index contributed by atoms with van der Waals surface area (Å²) < 4.78 is 1.92. The predicted octanol–water partition coefficient (Wildman–Crippen LogP) is 2.55. The molecule has 1 aliphatic rings. The molecule has 5 nitrogen and oxygen atoms in total. The van der Waals surface area contributed by atoms with Crippen molar-refractivity contribution in [3.05, 3.63) is 40.1 Å². The molecule has 0 unspecified atom stereocenters. The number of nitrogens with two attached hydrogens (primary N) is 1. The number of aryl methyl sites for hydroxylation is 1. The summed E-state index contributed by atoms with van der Waals surface area (Å²) in [5.74, 6) is 0. The number of amides is 2. The molecule has 1 aromatic carbocycles. The molecule has 0 aliphatic carbocycles. The molecule has 1 aliphatic heterocycles. The second-order valence-corrected chi connectivity index (χ2v) is 6.39. The minimum atomic E-state index is -0.146. The predicted molar refractivity (Wildman–Crippen MR) is 84.6 cm³/mol. The molecule has 110 valence electrons. The Balaban J connectivity index is 2.01. The van der Waals surface area contributed by atoms with Crippen LogP contribution in [0.2, 0.25) is 0 Å². The van der Waals surface area contributed by atoms with Gasteiger partial charge >= 0.3 is 6.03 Å². The molecule has 0 radical (unpaired) electrons. The van der Waals surface area contributed by atoms with Gasteiger partial charge in [0.15, 0.2) is 4.80 Å². The zero-order chi connectivity index (χ0) is 14.8. The van der Waals surface area contributed by atoms with Gasteiger partial charge in [-0.2, -0.15) is 4.99 Å². The fourth-order valence-electron chi connectivity index (χ4n) is 2.45. The van der Waals surface area contributed by atoms with E-state index in [1.54, 1.807) is 4.90 Å². The number of nitrogen functional groups attached to an aromatic ring is 1. The lowest BCUT2D eigenvalue weighted by atomic mass is 10.3. The molecule has 0 spiro atoms. The van der Waals surface area contributed by atoms with E-state index in [2.05, 4.69) is 4.99 Å². The second kappa shape index (κ2) is 5.73. The van der Waals surface area contributed by atoms with Crippen molar-refractivity contribution in [2.24, 2.45) is 4.99 Å². The quantitative estimate of drug-likeness (QED) is 0.823. The van der Waals surface area contributed by atoms with Crippen LogP contribution in [0.5, 0.6) is 0 Å². The molecular weight excluding hydrogens is 284 g/mol. The molecule has 2 heterocycles. The van der Waals surface area contributed by atoms with Crippen LogP contribution in [0.3, 0.4) is 0 Å². The summed E-state index contributed by atoms with van der Waals surface area (Å²) in [6.45, 7) is 3.63. The summed E-state index contributed by atoms with van der Waals surface area (Å²) >= 11 is 1.51. The maximum Gasteiger partial charge on any atom is 0.346 e.